The third kappa shape index (κ3) is 5.42. The molecule has 0 atom stereocenters. The fourth-order valence-electron chi connectivity index (χ4n) is 2.72. The number of benzene rings is 1. The van der Waals surface area contributed by atoms with E-state index >= 15 is 0 Å². The average molecular weight is 387 g/mol. The lowest BCUT2D eigenvalue weighted by Gasteiger charge is -2.22. The minimum Gasteiger partial charge on any atom is -0.496 e. The normalized spacial score (nSPS) is 10.8. The first-order valence-corrected chi connectivity index (χ1v) is 10.2. The maximum Gasteiger partial charge on any atom is 0.234 e. The topological polar surface area (TPSA) is 41.6 Å². The highest BCUT2D eigenvalue weighted by molar-refractivity contribution is 7.10. The second-order valence-corrected chi connectivity index (χ2v) is 7.96. The van der Waals surface area contributed by atoms with Gasteiger partial charge in [0, 0.05) is 28.4 Å². The SMILES string of the molecule is COc1ccccc1CN(CC(=O)NCc1cccs1)Cc1cccs1. The minimum absolute atomic E-state index is 0.0323. The first-order valence-electron chi connectivity index (χ1n) is 8.40. The van der Waals surface area contributed by atoms with Gasteiger partial charge in [-0.3, -0.25) is 9.69 Å². The van der Waals surface area contributed by atoms with Crippen LogP contribution in [0, 0.1) is 0 Å². The fourth-order valence-corrected chi connectivity index (χ4v) is 4.11. The van der Waals surface area contributed by atoms with Crippen LogP contribution in [0.4, 0.5) is 0 Å². The Morgan fingerprint density at radius 3 is 2.42 bits per heavy atom. The minimum atomic E-state index is 0.0323. The molecule has 136 valence electrons. The van der Waals surface area contributed by atoms with Gasteiger partial charge in [0.05, 0.1) is 20.2 Å². The Morgan fingerprint density at radius 1 is 1.00 bits per heavy atom. The van der Waals surface area contributed by atoms with Crippen LogP contribution in [0.3, 0.4) is 0 Å². The summed E-state index contributed by atoms with van der Waals surface area (Å²) in [5.74, 6) is 0.882. The van der Waals surface area contributed by atoms with Gasteiger partial charge >= 0.3 is 0 Å². The van der Waals surface area contributed by atoms with E-state index in [2.05, 4.69) is 21.7 Å². The summed E-state index contributed by atoms with van der Waals surface area (Å²) >= 11 is 3.36. The van der Waals surface area contributed by atoms with Crippen LogP contribution in [-0.2, 0) is 24.4 Å². The summed E-state index contributed by atoms with van der Waals surface area (Å²) in [5, 5.41) is 7.09. The Hall–Kier alpha value is -2.15. The number of carbonyl (C=O) groups excluding carboxylic acids is 1. The van der Waals surface area contributed by atoms with E-state index in [9.17, 15) is 4.79 Å². The average Bonchev–Trinajstić information content (AvgIpc) is 3.34. The molecule has 0 aliphatic carbocycles. The molecule has 0 fully saturated rings. The molecule has 0 radical (unpaired) electrons. The van der Waals surface area contributed by atoms with Gasteiger partial charge in [0.1, 0.15) is 5.75 Å². The number of para-hydroxylation sites is 1. The van der Waals surface area contributed by atoms with Gasteiger partial charge in [-0.15, -0.1) is 22.7 Å². The van der Waals surface area contributed by atoms with Crippen LogP contribution in [0.2, 0.25) is 0 Å². The van der Waals surface area contributed by atoms with Gasteiger partial charge in [0.25, 0.3) is 0 Å². The van der Waals surface area contributed by atoms with Gasteiger partial charge in [-0.05, 0) is 29.0 Å². The third-order valence-corrected chi connectivity index (χ3v) is 5.69. The van der Waals surface area contributed by atoms with Crippen LogP contribution in [-0.4, -0.2) is 24.5 Å². The Morgan fingerprint density at radius 2 is 1.73 bits per heavy atom. The quantitative estimate of drug-likeness (QED) is 0.601. The summed E-state index contributed by atoms with van der Waals surface area (Å²) in [4.78, 5) is 17.0. The van der Waals surface area contributed by atoms with Gasteiger partial charge in [-0.25, -0.2) is 0 Å². The molecular weight excluding hydrogens is 364 g/mol. The van der Waals surface area contributed by atoms with E-state index in [1.807, 2.05) is 47.8 Å². The van der Waals surface area contributed by atoms with E-state index in [1.165, 1.54) is 4.88 Å². The highest BCUT2D eigenvalue weighted by Gasteiger charge is 2.15. The predicted molar refractivity (Wildman–Crippen MR) is 108 cm³/mol. The number of carbonyl (C=O) groups is 1. The maximum atomic E-state index is 12.4. The number of thiophene rings is 2. The fraction of sp³-hybridized carbons (Fsp3) is 0.250. The van der Waals surface area contributed by atoms with Crippen molar-refractivity contribution in [2.75, 3.05) is 13.7 Å². The van der Waals surface area contributed by atoms with Crippen LogP contribution < -0.4 is 10.1 Å². The molecule has 1 amide bonds. The number of methoxy groups -OCH3 is 1. The summed E-state index contributed by atoms with van der Waals surface area (Å²) in [5.41, 5.74) is 1.08. The first kappa shape index (κ1) is 18.6. The van der Waals surface area contributed by atoms with Gasteiger partial charge in [-0.2, -0.15) is 0 Å². The van der Waals surface area contributed by atoms with Crippen LogP contribution in [0.15, 0.2) is 59.3 Å². The summed E-state index contributed by atoms with van der Waals surface area (Å²) < 4.78 is 5.46. The lowest BCUT2D eigenvalue weighted by molar-refractivity contribution is -0.122. The molecule has 2 heterocycles. The van der Waals surface area contributed by atoms with Crippen LogP contribution in [0.25, 0.3) is 0 Å². The summed E-state index contributed by atoms with van der Waals surface area (Å²) in [6.45, 7) is 2.33. The molecule has 0 unspecified atom stereocenters. The molecule has 1 N–H and O–H groups in total. The van der Waals surface area contributed by atoms with Crippen molar-refractivity contribution in [2.24, 2.45) is 0 Å². The molecule has 0 saturated heterocycles. The van der Waals surface area contributed by atoms with Crippen LogP contribution in [0.5, 0.6) is 5.75 Å². The van der Waals surface area contributed by atoms with Crippen molar-refractivity contribution in [3.8, 4) is 5.75 Å². The highest BCUT2D eigenvalue weighted by Crippen LogP contribution is 2.21. The zero-order valence-corrected chi connectivity index (χ0v) is 16.3. The summed E-state index contributed by atoms with van der Waals surface area (Å²) in [6.07, 6.45) is 0. The monoisotopic (exact) mass is 386 g/mol. The number of nitrogens with zero attached hydrogens (tertiary/aromatic N) is 1. The molecule has 6 heteroatoms. The molecule has 4 nitrogen and oxygen atoms in total. The molecule has 3 rings (SSSR count). The molecule has 0 spiro atoms. The second-order valence-electron chi connectivity index (χ2n) is 5.89. The van der Waals surface area contributed by atoms with Crippen molar-refractivity contribution in [1.29, 1.82) is 0 Å². The van der Waals surface area contributed by atoms with Crippen molar-refractivity contribution >= 4 is 28.6 Å². The number of ether oxygens (including phenoxy) is 1. The number of nitrogens with one attached hydrogen (secondary N) is 1. The zero-order valence-electron chi connectivity index (χ0n) is 14.7. The van der Waals surface area contributed by atoms with E-state index in [-0.39, 0.29) is 5.91 Å². The zero-order chi connectivity index (χ0) is 18.2. The predicted octanol–water partition coefficient (Wildman–Crippen LogP) is 4.14. The van der Waals surface area contributed by atoms with Crippen molar-refractivity contribution in [1.82, 2.24) is 10.2 Å². The molecule has 0 bridgehead atoms. The molecular formula is C20H22N2O2S2. The number of hydrogen-bond donors (Lipinski definition) is 1. The lowest BCUT2D eigenvalue weighted by atomic mass is 10.2. The van der Waals surface area contributed by atoms with E-state index in [1.54, 1.807) is 29.8 Å². The Labute approximate surface area is 162 Å². The van der Waals surface area contributed by atoms with Crippen molar-refractivity contribution < 1.29 is 9.53 Å². The van der Waals surface area contributed by atoms with Crippen molar-refractivity contribution in [3.63, 3.8) is 0 Å². The van der Waals surface area contributed by atoms with Gasteiger partial charge in [0.2, 0.25) is 5.91 Å². The van der Waals surface area contributed by atoms with Gasteiger partial charge in [0.15, 0.2) is 0 Å². The molecule has 0 aliphatic rings. The Bertz CT molecular complexity index is 801. The number of hydrogen-bond acceptors (Lipinski definition) is 5. The van der Waals surface area contributed by atoms with Crippen LogP contribution >= 0.6 is 22.7 Å². The van der Waals surface area contributed by atoms with Crippen molar-refractivity contribution in [3.05, 3.63) is 74.6 Å². The summed E-state index contributed by atoms with van der Waals surface area (Å²) in [7, 11) is 1.68. The largest absolute Gasteiger partial charge is 0.496 e. The lowest BCUT2D eigenvalue weighted by Crippen LogP contribution is -2.36. The van der Waals surface area contributed by atoms with Crippen LogP contribution in [0.1, 0.15) is 15.3 Å². The van der Waals surface area contributed by atoms with E-state index in [0.717, 1.165) is 22.7 Å². The molecule has 0 saturated carbocycles. The van der Waals surface area contributed by atoms with E-state index in [0.29, 0.717) is 19.6 Å². The molecule has 0 aliphatic heterocycles. The first-order chi connectivity index (χ1) is 12.7. The second kappa shape index (κ2) is 9.52. The van der Waals surface area contributed by atoms with E-state index in [4.69, 9.17) is 4.74 Å². The molecule has 3 aromatic rings. The standard InChI is InChI=1S/C20H22N2O2S2/c1-24-19-9-3-2-6-16(19)13-22(14-18-8-5-11-26-18)15-20(23)21-12-17-7-4-10-25-17/h2-11H,12-15H2,1H3,(H,21,23). The molecule has 1 aromatic carbocycles. The highest BCUT2D eigenvalue weighted by atomic mass is 32.1. The smallest absolute Gasteiger partial charge is 0.234 e. The molecule has 26 heavy (non-hydrogen) atoms. The van der Waals surface area contributed by atoms with Gasteiger partial charge in [-0.1, -0.05) is 30.3 Å². The van der Waals surface area contributed by atoms with Gasteiger partial charge < -0.3 is 10.1 Å². The Balaban J connectivity index is 1.65. The summed E-state index contributed by atoms with van der Waals surface area (Å²) in [6, 6.07) is 16.1. The van der Waals surface area contributed by atoms with E-state index < -0.39 is 0 Å². The van der Waals surface area contributed by atoms with Crippen molar-refractivity contribution in [2.45, 2.75) is 19.6 Å². The maximum absolute atomic E-state index is 12.4. The Kier molecular flexibility index (Phi) is 6.82. The number of amides is 1. The number of rotatable bonds is 9. The molecule has 2 aromatic heterocycles. The third-order valence-electron chi connectivity index (χ3n) is 3.95.